The van der Waals surface area contributed by atoms with E-state index in [1.54, 1.807) is 24.8 Å². The largest absolute Gasteiger partial charge is 0.447 e. The molecule has 13 heteroatoms. The summed E-state index contributed by atoms with van der Waals surface area (Å²) >= 11 is 0. The third kappa shape index (κ3) is 2.58. The second-order valence-corrected chi connectivity index (χ2v) is 8.98. The number of imide groups is 2. The minimum atomic E-state index is -1.75. The van der Waals surface area contributed by atoms with Gasteiger partial charge in [0.05, 0.1) is 35.9 Å². The maximum absolute atomic E-state index is 16.0. The number of ether oxygens (including phenoxy) is 2. The molecule has 0 aliphatic carbocycles. The Kier molecular flexibility index (Phi) is 4.22. The Balaban J connectivity index is 1.58. The van der Waals surface area contributed by atoms with E-state index < -0.39 is 47.3 Å². The summed E-state index contributed by atoms with van der Waals surface area (Å²) in [6.45, 7) is 4.08. The van der Waals surface area contributed by atoms with Crippen molar-refractivity contribution in [3.8, 4) is 0 Å². The van der Waals surface area contributed by atoms with E-state index in [2.05, 4.69) is 15.8 Å². The highest BCUT2D eigenvalue weighted by atomic mass is 19.1. The molecule has 0 radical (unpaired) electrons. The highest BCUT2D eigenvalue weighted by Gasteiger charge is 2.63. The molecule has 2 aromatic rings. The molecule has 5 heterocycles. The smallest absolute Gasteiger partial charge is 0.415 e. The fraction of sp³-hybridized carbons (Fsp3) is 0.476. The van der Waals surface area contributed by atoms with Crippen LogP contribution < -0.4 is 20.4 Å². The number of barbiturate groups is 1. The predicted octanol–water partition coefficient (Wildman–Crippen LogP) is 0.814. The Labute approximate surface area is 191 Å². The van der Waals surface area contributed by atoms with Gasteiger partial charge >= 0.3 is 12.1 Å². The molecule has 3 atom stereocenters. The third-order valence-electron chi connectivity index (χ3n) is 6.96. The third-order valence-corrected chi connectivity index (χ3v) is 6.96. The van der Waals surface area contributed by atoms with Gasteiger partial charge in [0.15, 0.2) is 17.1 Å². The number of carbonyl (C=O) groups is 4. The zero-order valence-electron chi connectivity index (χ0n) is 18.2. The number of nitrogens with zero attached hydrogens (tertiary/aromatic N) is 3. The second kappa shape index (κ2) is 6.88. The van der Waals surface area contributed by atoms with Gasteiger partial charge in [-0.2, -0.15) is 0 Å². The molecule has 1 spiro atoms. The van der Waals surface area contributed by atoms with Crippen LogP contribution >= 0.6 is 0 Å². The maximum atomic E-state index is 16.0. The molecular formula is C21H20FN5O7. The van der Waals surface area contributed by atoms with Gasteiger partial charge in [-0.3, -0.25) is 25.1 Å². The number of rotatable bonds is 1. The molecule has 3 saturated heterocycles. The van der Waals surface area contributed by atoms with E-state index in [1.807, 2.05) is 0 Å². The lowest BCUT2D eigenvalue weighted by atomic mass is 9.66. The lowest BCUT2D eigenvalue weighted by molar-refractivity contribution is -0.153. The van der Waals surface area contributed by atoms with E-state index in [1.165, 1.54) is 4.90 Å². The van der Waals surface area contributed by atoms with Crippen molar-refractivity contribution in [2.45, 2.75) is 38.5 Å². The number of halogens is 1. The number of urea groups is 1. The van der Waals surface area contributed by atoms with Gasteiger partial charge in [-0.25, -0.2) is 14.0 Å². The van der Waals surface area contributed by atoms with Gasteiger partial charge in [-0.05, 0) is 25.5 Å². The predicted molar refractivity (Wildman–Crippen MR) is 112 cm³/mol. The number of carbonyl (C=O) groups excluding carboxylic acids is 4. The average molecular weight is 473 g/mol. The van der Waals surface area contributed by atoms with E-state index in [-0.39, 0.29) is 54.7 Å². The summed E-state index contributed by atoms with van der Waals surface area (Å²) in [4.78, 5) is 53.2. The first-order chi connectivity index (χ1) is 16.2. The van der Waals surface area contributed by atoms with Crippen molar-refractivity contribution in [1.29, 1.82) is 0 Å². The molecule has 0 unspecified atom stereocenters. The Morgan fingerprint density at radius 2 is 1.91 bits per heavy atom. The quantitative estimate of drug-likeness (QED) is 0.575. The van der Waals surface area contributed by atoms with E-state index in [9.17, 15) is 19.2 Å². The highest BCUT2D eigenvalue weighted by Crippen LogP contribution is 2.49. The number of benzene rings is 1. The first kappa shape index (κ1) is 20.8. The topological polar surface area (TPSA) is 143 Å². The van der Waals surface area contributed by atoms with Crippen LogP contribution in [-0.4, -0.2) is 67.0 Å². The van der Waals surface area contributed by atoms with Gasteiger partial charge in [0.1, 0.15) is 6.61 Å². The van der Waals surface area contributed by atoms with Crippen LogP contribution in [0.1, 0.15) is 19.4 Å². The van der Waals surface area contributed by atoms with Crippen molar-refractivity contribution < 1.29 is 37.6 Å². The zero-order valence-corrected chi connectivity index (χ0v) is 18.2. The molecule has 3 fully saturated rings. The Morgan fingerprint density at radius 1 is 1.18 bits per heavy atom. The lowest BCUT2D eigenvalue weighted by Crippen LogP contribution is -2.75. The van der Waals surface area contributed by atoms with Gasteiger partial charge in [0, 0.05) is 13.0 Å². The number of fused-ring (bicyclic) bond motifs is 5. The van der Waals surface area contributed by atoms with Crippen LogP contribution in [0, 0.1) is 11.2 Å². The number of morpholine rings is 1. The number of anilines is 2. The Hall–Kier alpha value is -3.74. The molecule has 4 aliphatic rings. The summed E-state index contributed by atoms with van der Waals surface area (Å²) in [6, 6.07) is -0.219. The first-order valence-corrected chi connectivity index (χ1v) is 10.9. The van der Waals surface area contributed by atoms with Gasteiger partial charge < -0.3 is 18.9 Å². The zero-order chi connectivity index (χ0) is 23.9. The monoisotopic (exact) mass is 473 g/mol. The Bertz CT molecular complexity index is 1270. The van der Waals surface area contributed by atoms with E-state index >= 15 is 4.39 Å². The standard InChI is InChI=1S/C21H20FN5O7/c1-8-7-27-13-10(5-11-14(12(13)22)34-25-16(11)26-3-4-32-20(26)31)6-21(15(27)9(2)33-8)17(28)23-19(30)24-18(21)29/h5,8-9,15H,3-4,6-7H2,1-2H3,(H2,23,24,28,29,30)/t8-,9+,15-/m1/s1. The number of aromatic nitrogens is 1. The molecule has 12 nitrogen and oxygen atoms in total. The van der Waals surface area contributed by atoms with E-state index in [0.29, 0.717) is 5.56 Å². The van der Waals surface area contributed by atoms with Crippen LogP contribution in [0.5, 0.6) is 0 Å². The van der Waals surface area contributed by atoms with E-state index in [4.69, 9.17) is 14.0 Å². The lowest BCUT2D eigenvalue weighted by Gasteiger charge is -2.55. The summed E-state index contributed by atoms with van der Waals surface area (Å²) in [6.07, 6.45) is -1.80. The molecule has 178 valence electrons. The normalized spacial score (nSPS) is 28.0. The first-order valence-electron chi connectivity index (χ1n) is 10.9. The van der Waals surface area contributed by atoms with Crippen molar-refractivity contribution in [1.82, 2.24) is 15.8 Å². The van der Waals surface area contributed by atoms with Gasteiger partial charge in [-0.15, -0.1) is 0 Å². The number of cyclic esters (lactones) is 1. The number of nitrogens with one attached hydrogen (secondary N) is 2. The molecule has 1 aromatic carbocycles. The van der Waals surface area contributed by atoms with Crippen LogP contribution in [0.4, 0.5) is 25.5 Å². The van der Waals surface area contributed by atoms with Crippen LogP contribution in [0.2, 0.25) is 0 Å². The van der Waals surface area contributed by atoms with Gasteiger partial charge in [0.25, 0.3) is 0 Å². The SMILES string of the molecule is C[C@@H]1CN2c3c(cc4c(N5CCOC5=O)noc4c3F)CC3(C(=O)NC(=O)NC3=O)[C@H]2[C@H](C)O1. The molecule has 0 bridgehead atoms. The molecule has 4 aliphatic heterocycles. The van der Waals surface area contributed by atoms with Crippen LogP contribution in [0.25, 0.3) is 11.0 Å². The fourth-order valence-electron chi connectivity index (χ4n) is 5.72. The molecule has 1 aromatic heterocycles. The molecule has 0 saturated carbocycles. The number of hydrogen-bond donors (Lipinski definition) is 2. The minimum absolute atomic E-state index is 0.0896. The van der Waals surface area contributed by atoms with Crippen molar-refractivity contribution in [3.05, 3.63) is 17.4 Å². The van der Waals surface area contributed by atoms with E-state index in [0.717, 1.165) is 0 Å². The van der Waals surface area contributed by atoms with Crippen molar-refractivity contribution in [3.63, 3.8) is 0 Å². The summed E-state index contributed by atoms with van der Waals surface area (Å²) in [5.41, 5.74) is -1.37. The van der Waals surface area contributed by atoms with Crippen molar-refractivity contribution in [2.75, 3.05) is 29.5 Å². The maximum Gasteiger partial charge on any atom is 0.415 e. The number of amides is 5. The molecular weight excluding hydrogens is 453 g/mol. The fourth-order valence-corrected chi connectivity index (χ4v) is 5.72. The van der Waals surface area contributed by atoms with Crippen molar-refractivity contribution in [2.24, 2.45) is 5.41 Å². The van der Waals surface area contributed by atoms with Crippen LogP contribution in [0.15, 0.2) is 10.6 Å². The summed E-state index contributed by atoms with van der Waals surface area (Å²) < 4.78 is 32.2. The average Bonchev–Trinajstić information content (AvgIpc) is 3.37. The summed E-state index contributed by atoms with van der Waals surface area (Å²) in [7, 11) is 0. The second-order valence-electron chi connectivity index (χ2n) is 8.98. The number of hydrogen-bond acceptors (Lipinski definition) is 9. The molecule has 5 amide bonds. The van der Waals surface area contributed by atoms with Crippen molar-refractivity contribution >= 4 is 46.4 Å². The summed E-state index contributed by atoms with van der Waals surface area (Å²) in [5.74, 6) is -2.18. The molecule has 34 heavy (non-hydrogen) atoms. The summed E-state index contributed by atoms with van der Waals surface area (Å²) in [5, 5.41) is 8.49. The molecule has 2 N–H and O–H groups in total. The highest BCUT2D eigenvalue weighted by molar-refractivity contribution is 6.20. The van der Waals surface area contributed by atoms with Crippen LogP contribution in [-0.2, 0) is 25.5 Å². The van der Waals surface area contributed by atoms with Crippen LogP contribution in [0.3, 0.4) is 0 Å². The minimum Gasteiger partial charge on any atom is -0.447 e. The van der Waals surface area contributed by atoms with Gasteiger partial charge in [0.2, 0.25) is 17.4 Å². The van der Waals surface area contributed by atoms with Gasteiger partial charge in [-0.1, -0.05) is 5.16 Å². The molecule has 6 rings (SSSR count). The Morgan fingerprint density at radius 3 is 2.59 bits per heavy atom.